The van der Waals surface area contributed by atoms with Crippen LogP contribution in [0.3, 0.4) is 0 Å². The first-order valence-electron chi connectivity index (χ1n) is 8.75. The molecule has 1 aromatic heterocycles. The fourth-order valence-corrected chi connectivity index (χ4v) is 2.82. The van der Waals surface area contributed by atoms with Gasteiger partial charge in [-0.25, -0.2) is 0 Å². The van der Waals surface area contributed by atoms with Crippen molar-refractivity contribution < 1.29 is 9.26 Å². The fourth-order valence-electron chi connectivity index (χ4n) is 2.63. The smallest absolute Gasteiger partial charge is 0.246 e. The molecule has 28 heavy (non-hydrogen) atoms. The van der Waals surface area contributed by atoms with Crippen LogP contribution in [0.5, 0.6) is 5.75 Å². The number of methoxy groups -OCH3 is 1. The first-order valence-corrected chi connectivity index (χ1v) is 9.13. The molecule has 0 aliphatic rings. The molecular formula is C20H22ClN5O2. The van der Waals surface area contributed by atoms with Gasteiger partial charge in [-0.15, -0.1) is 0 Å². The number of nitrogens with zero attached hydrogens (tertiary/aromatic N) is 3. The van der Waals surface area contributed by atoms with Crippen LogP contribution in [-0.4, -0.2) is 30.3 Å². The van der Waals surface area contributed by atoms with E-state index in [1.54, 1.807) is 26.3 Å². The van der Waals surface area contributed by atoms with Gasteiger partial charge in [-0.05, 0) is 30.7 Å². The number of aromatic nitrogens is 2. The van der Waals surface area contributed by atoms with Crippen molar-refractivity contribution in [3.8, 4) is 17.1 Å². The van der Waals surface area contributed by atoms with Crippen LogP contribution in [0.4, 0.5) is 0 Å². The van der Waals surface area contributed by atoms with E-state index in [1.807, 2.05) is 37.3 Å². The molecule has 0 aliphatic carbocycles. The zero-order chi connectivity index (χ0) is 19.9. The van der Waals surface area contributed by atoms with E-state index in [1.165, 1.54) is 0 Å². The van der Waals surface area contributed by atoms with Crippen LogP contribution in [0.2, 0.25) is 5.02 Å². The Kier molecular flexibility index (Phi) is 6.49. The topological polar surface area (TPSA) is 84.6 Å². The van der Waals surface area contributed by atoms with Crippen molar-refractivity contribution >= 4 is 17.6 Å². The number of rotatable bonds is 6. The highest BCUT2D eigenvalue weighted by molar-refractivity contribution is 6.30. The molecule has 3 rings (SSSR count). The Bertz CT molecular complexity index is 971. The molecule has 146 valence electrons. The molecule has 8 heteroatoms. The van der Waals surface area contributed by atoms with Gasteiger partial charge in [0.25, 0.3) is 0 Å². The van der Waals surface area contributed by atoms with E-state index in [2.05, 4.69) is 25.8 Å². The minimum Gasteiger partial charge on any atom is -0.496 e. The zero-order valence-electron chi connectivity index (χ0n) is 16.0. The van der Waals surface area contributed by atoms with Crippen LogP contribution >= 0.6 is 11.6 Å². The lowest BCUT2D eigenvalue weighted by molar-refractivity contribution is 0.375. The monoisotopic (exact) mass is 399 g/mol. The molecule has 0 saturated carbocycles. The Morgan fingerprint density at radius 2 is 2.00 bits per heavy atom. The van der Waals surface area contributed by atoms with Crippen molar-refractivity contribution in [2.24, 2.45) is 4.99 Å². The highest BCUT2D eigenvalue weighted by atomic mass is 35.5. The number of guanidine groups is 1. The van der Waals surface area contributed by atoms with E-state index in [0.717, 1.165) is 22.4 Å². The van der Waals surface area contributed by atoms with Gasteiger partial charge in [0.1, 0.15) is 5.75 Å². The summed E-state index contributed by atoms with van der Waals surface area (Å²) in [4.78, 5) is 8.60. The summed E-state index contributed by atoms with van der Waals surface area (Å²) in [6, 6.07) is 13.4. The average Bonchev–Trinajstić information content (AvgIpc) is 3.18. The summed E-state index contributed by atoms with van der Waals surface area (Å²) in [5.41, 5.74) is 2.99. The molecule has 0 unspecified atom stereocenters. The summed E-state index contributed by atoms with van der Waals surface area (Å²) < 4.78 is 10.7. The number of halogens is 1. The third-order valence-corrected chi connectivity index (χ3v) is 4.31. The molecule has 0 aliphatic heterocycles. The zero-order valence-corrected chi connectivity index (χ0v) is 16.7. The lowest BCUT2D eigenvalue weighted by Gasteiger charge is -2.13. The summed E-state index contributed by atoms with van der Waals surface area (Å²) in [7, 11) is 3.37. The van der Waals surface area contributed by atoms with Gasteiger partial charge >= 0.3 is 0 Å². The van der Waals surface area contributed by atoms with Crippen molar-refractivity contribution in [1.29, 1.82) is 0 Å². The van der Waals surface area contributed by atoms with Gasteiger partial charge in [-0.2, -0.15) is 4.98 Å². The number of nitrogens with one attached hydrogen (secondary N) is 2. The van der Waals surface area contributed by atoms with Gasteiger partial charge in [0.05, 0.1) is 13.7 Å². The van der Waals surface area contributed by atoms with Gasteiger partial charge in [0, 0.05) is 29.7 Å². The van der Waals surface area contributed by atoms with Crippen LogP contribution in [-0.2, 0) is 13.1 Å². The average molecular weight is 400 g/mol. The molecule has 0 bridgehead atoms. The van der Waals surface area contributed by atoms with E-state index in [4.69, 9.17) is 20.9 Å². The van der Waals surface area contributed by atoms with Crippen molar-refractivity contribution in [3.05, 3.63) is 64.5 Å². The predicted molar refractivity (Wildman–Crippen MR) is 110 cm³/mol. The quantitative estimate of drug-likeness (QED) is 0.487. The Morgan fingerprint density at radius 3 is 2.75 bits per heavy atom. The first kappa shape index (κ1) is 19.7. The van der Waals surface area contributed by atoms with Crippen LogP contribution < -0.4 is 15.4 Å². The van der Waals surface area contributed by atoms with Gasteiger partial charge in [0.2, 0.25) is 11.7 Å². The third kappa shape index (κ3) is 5.01. The van der Waals surface area contributed by atoms with E-state index >= 15 is 0 Å². The lowest BCUT2D eigenvalue weighted by atomic mass is 10.1. The van der Waals surface area contributed by atoms with Gasteiger partial charge in [-0.1, -0.05) is 41.0 Å². The van der Waals surface area contributed by atoms with Crippen LogP contribution in [0.25, 0.3) is 11.4 Å². The highest BCUT2D eigenvalue weighted by Crippen LogP contribution is 2.20. The van der Waals surface area contributed by atoms with Crippen molar-refractivity contribution in [3.63, 3.8) is 0 Å². The molecule has 3 aromatic rings. The Morgan fingerprint density at radius 1 is 1.18 bits per heavy atom. The van der Waals surface area contributed by atoms with Crippen molar-refractivity contribution in [2.45, 2.75) is 20.0 Å². The second-order valence-corrected chi connectivity index (χ2v) is 6.55. The SMILES string of the molecule is CN=C(NCc1nc(-c2cccc(Cl)c2)no1)NCc1ccc(C)cc1OC. The summed E-state index contributed by atoms with van der Waals surface area (Å²) >= 11 is 6.01. The molecule has 0 saturated heterocycles. The Hall–Kier alpha value is -3.06. The second-order valence-electron chi connectivity index (χ2n) is 6.12. The van der Waals surface area contributed by atoms with E-state index < -0.39 is 0 Å². The third-order valence-electron chi connectivity index (χ3n) is 4.07. The standard InChI is InChI=1S/C20H22ClN5O2/c1-13-7-8-15(17(9-13)27-3)11-23-20(22-2)24-12-18-25-19(26-28-18)14-5-4-6-16(21)10-14/h4-10H,11-12H2,1-3H3,(H2,22,23,24). The molecule has 1 heterocycles. The molecule has 2 aromatic carbocycles. The number of aryl methyl sites for hydroxylation is 1. The Balaban J connectivity index is 1.58. The van der Waals surface area contributed by atoms with E-state index in [0.29, 0.717) is 35.8 Å². The summed E-state index contributed by atoms with van der Waals surface area (Å²) in [5.74, 6) is 2.40. The summed E-state index contributed by atoms with van der Waals surface area (Å²) in [5, 5.41) is 11.0. The highest BCUT2D eigenvalue weighted by Gasteiger charge is 2.10. The Labute approximate surface area is 168 Å². The predicted octanol–water partition coefficient (Wildman–Crippen LogP) is 3.57. The van der Waals surface area contributed by atoms with Gasteiger partial charge in [0.15, 0.2) is 5.96 Å². The number of benzene rings is 2. The molecule has 2 N–H and O–H groups in total. The molecule has 0 fully saturated rings. The van der Waals surface area contributed by atoms with Crippen molar-refractivity contribution in [2.75, 3.05) is 14.2 Å². The van der Waals surface area contributed by atoms with Crippen LogP contribution in [0, 0.1) is 6.92 Å². The molecule has 0 spiro atoms. The van der Waals surface area contributed by atoms with Gasteiger partial charge < -0.3 is 19.9 Å². The fraction of sp³-hybridized carbons (Fsp3) is 0.250. The molecule has 0 amide bonds. The molecule has 0 radical (unpaired) electrons. The molecular weight excluding hydrogens is 378 g/mol. The first-order chi connectivity index (χ1) is 13.6. The van der Waals surface area contributed by atoms with Crippen LogP contribution in [0.15, 0.2) is 52.0 Å². The molecule has 0 atom stereocenters. The normalized spacial score (nSPS) is 11.4. The minimum absolute atomic E-state index is 0.346. The van der Waals surface area contributed by atoms with E-state index in [-0.39, 0.29) is 0 Å². The number of aliphatic imine (C=N–C) groups is 1. The maximum Gasteiger partial charge on any atom is 0.246 e. The molecule has 7 nitrogen and oxygen atoms in total. The second kappa shape index (κ2) is 9.23. The van der Waals surface area contributed by atoms with E-state index in [9.17, 15) is 0 Å². The maximum atomic E-state index is 6.01. The summed E-state index contributed by atoms with van der Waals surface area (Å²) in [6.07, 6.45) is 0. The number of hydrogen-bond donors (Lipinski definition) is 2. The van der Waals surface area contributed by atoms with Crippen LogP contribution in [0.1, 0.15) is 17.0 Å². The number of hydrogen-bond acceptors (Lipinski definition) is 5. The maximum absolute atomic E-state index is 6.01. The minimum atomic E-state index is 0.346. The lowest BCUT2D eigenvalue weighted by Crippen LogP contribution is -2.36. The summed E-state index contributed by atoms with van der Waals surface area (Å²) in [6.45, 7) is 2.95. The largest absolute Gasteiger partial charge is 0.496 e. The van der Waals surface area contributed by atoms with Crippen molar-refractivity contribution in [1.82, 2.24) is 20.8 Å². The number of ether oxygens (including phenoxy) is 1. The van der Waals surface area contributed by atoms with Gasteiger partial charge in [-0.3, -0.25) is 4.99 Å².